The lowest BCUT2D eigenvalue weighted by Crippen LogP contribution is -1.86. The number of rotatable bonds is 2. The quantitative estimate of drug-likeness (QED) is 0.860. The van der Waals surface area contributed by atoms with E-state index in [1.54, 1.807) is 18.2 Å². The van der Waals surface area contributed by atoms with Gasteiger partial charge in [-0.05, 0) is 24.3 Å². The topological polar surface area (TPSA) is 49.7 Å². The molecule has 0 unspecified atom stereocenters. The summed E-state index contributed by atoms with van der Waals surface area (Å²) in [4.78, 5) is 0. The number of hydrogen-bond acceptors (Lipinski definition) is 3. The summed E-state index contributed by atoms with van der Waals surface area (Å²) in [6.07, 6.45) is 0. The Morgan fingerprint density at radius 2 is 1.65 bits per heavy atom. The molecule has 5 heteroatoms. The molecule has 3 nitrogen and oxygen atoms in total. The largest absolute Gasteiger partial charge is 0.508 e. The van der Waals surface area contributed by atoms with Gasteiger partial charge < -0.3 is 14.9 Å². The van der Waals surface area contributed by atoms with Gasteiger partial charge in [-0.1, -0.05) is 29.3 Å². The van der Waals surface area contributed by atoms with Crippen molar-refractivity contribution in [2.75, 3.05) is 0 Å². The second-order valence-corrected chi connectivity index (χ2v) is 4.12. The molecule has 0 aliphatic heterocycles. The van der Waals surface area contributed by atoms with Crippen LogP contribution in [0.4, 0.5) is 0 Å². The maximum absolute atomic E-state index is 9.65. The summed E-state index contributed by atoms with van der Waals surface area (Å²) in [6.45, 7) is 0. The molecule has 17 heavy (non-hydrogen) atoms. The first-order valence-corrected chi connectivity index (χ1v) is 5.47. The van der Waals surface area contributed by atoms with E-state index in [1.807, 2.05) is 0 Å². The summed E-state index contributed by atoms with van der Waals surface area (Å²) in [6, 6.07) is 9.03. The average Bonchev–Trinajstić information content (AvgIpc) is 2.28. The number of ether oxygens (including phenoxy) is 1. The van der Waals surface area contributed by atoms with E-state index in [2.05, 4.69) is 0 Å². The monoisotopic (exact) mass is 270 g/mol. The fourth-order valence-electron chi connectivity index (χ4n) is 1.27. The molecule has 88 valence electrons. The molecule has 0 saturated heterocycles. The molecule has 0 heterocycles. The summed E-state index contributed by atoms with van der Waals surface area (Å²) >= 11 is 11.6. The van der Waals surface area contributed by atoms with E-state index in [0.717, 1.165) is 0 Å². The van der Waals surface area contributed by atoms with Crippen LogP contribution in [-0.2, 0) is 0 Å². The molecule has 0 fully saturated rings. The van der Waals surface area contributed by atoms with E-state index < -0.39 is 0 Å². The van der Waals surface area contributed by atoms with Gasteiger partial charge in [0, 0.05) is 6.07 Å². The van der Waals surface area contributed by atoms with Gasteiger partial charge in [0.25, 0.3) is 0 Å². The summed E-state index contributed by atoms with van der Waals surface area (Å²) in [5.74, 6) is 0.406. The van der Waals surface area contributed by atoms with Crippen molar-refractivity contribution in [3.8, 4) is 23.0 Å². The van der Waals surface area contributed by atoms with Crippen molar-refractivity contribution in [3.63, 3.8) is 0 Å². The number of aromatic hydroxyl groups is 2. The van der Waals surface area contributed by atoms with E-state index in [-0.39, 0.29) is 27.3 Å². The third-order valence-corrected chi connectivity index (χ3v) is 2.69. The van der Waals surface area contributed by atoms with Crippen molar-refractivity contribution >= 4 is 23.2 Å². The van der Waals surface area contributed by atoms with Gasteiger partial charge in [-0.2, -0.15) is 0 Å². The fourth-order valence-corrected chi connectivity index (χ4v) is 1.65. The zero-order valence-electron chi connectivity index (χ0n) is 8.52. The highest BCUT2D eigenvalue weighted by atomic mass is 35.5. The first-order chi connectivity index (χ1) is 8.08. The number of halogens is 2. The van der Waals surface area contributed by atoms with Crippen LogP contribution in [0.3, 0.4) is 0 Å². The third-order valence-electron chi connectivity index (χ3n) is 2.09. The van der Waals surface area contributed by atoms with Crippen LogP contribution in [0, 0.1) is 0 Å². The van der Waals surface area contributed by atoms with Crippen molar-refractivity contribution < 1.29 is 14.9 Å². The van der Waals surface area contributed by atoms with Gasteiger partial charge in [0.1, 0.15) is 11.5 Å². The highest BCUT2D eigenvalue weighted by Crippen LogP contribution is 2.39. The molecular weight excluding hydrogens is 263 g/mol. The highest BCUT2D eigenvalue weighted by molar-refractivity contribution is 6.32. The van der Waals surface area contributed by atoms with Crippen molar-refractivity contribution in [2.45, 2.75) is 0 Å². The Morgan fingerprint density at radius 1 is 0.882 bits per heavy atom. The summed E-state index contributed by atoms with van der Waals surface area (Å²) in [7, 11) is 0. The van der Waals surface area contributed by atoms with Crippen LogP contribution in [0.15, 0.2) is 36.4 Å². The van der Waals surface area contributed by atoms with E-state index >= 15 is 0 Å². The Labute approximate surface area is 108 Å². The summed E-state index contributed by atoms with van der Waals surface area (Å²) < 4.78 is 5.40. The maximum Gasteiger partial charge on any atom is 0.177 e. The molecule has 0 bridgehead atoms. The molecule has 0 aliphatic rings. The van der Waals surface area contributed by atoms with Crippen LogP contribution < -0.4 is 4.74 Å². The first-order valence-electron chi connectivity index (χ1n) is 4.72. The van der Waals surface area contributed by atoms with Crippen LogP contribution in [0.1, 0.15) is 0 Å². The first kappa shape index (κ1) is 11.9. The van der Waals surface area contributed by atoms with Crippen molar-refractivity contribution in [2.24, 2.45) is 0 Å². The molecule has 0 amide bonds. The van der Waals surface area contributed by atoms with E-state index in [1.165, 1.54) is 18.2 Å². The van der Waals surface area contributed by atoms with E-state index in [4.69, 9.17) is 27.9 Å². The van der Waals surface area contributed by atoms with Crippen molar-refractivity contribution in [1.82, 2.24) is 0 Å². The lowest BCUT2D eigenvalue weighted by Gasteiger charge is -2.09. The minimum atomic E-state index is -0.154. The number of para-hydroxylation sites is 1. The molecule has 2 aromatic carbocycles. The van der Waals surface area contributed by atoms with Crippen LogP contribution in [0.25, 0.3) is 0 Å². The summed E-state index contributed by atoms with van der Waals surface area (Å²) in [5, 5.41) is 19.3. The van der Waals surface area contributed by atoms with Gasteiger partial charge in [-0.3, -0.25) is 0 Å². The molecule has 2 aromatic rings. The minimum Gasteiger partial charge on any atom is -0.508 e. The third kappa shape index (κ3) is 2.57. The zero-order chi connectivity index (χ0) is 12.4. The molecule has 0 saturated carbocycles. The SMILES string of the molecule is Oc1ccc(Oc2cccc(Cl)c2O)c(Cl)c1. The van der Waals surface area contributed by atoms with Crippen LogP contribution in [0.5, 0.6) is 23.0 Å². The predicted octanol–water partition coefficient (Wildman–Crippen LogP) is 4.20. The average molecular weight is 271 g/mol. The lowest BCUT2D eigenvalue weighted by atomic mass is 10.3. The normalized spacial score (nSPS) is 10.2. The number of benzene rings is 2. The van der Waals surface area contributed by atoms with Gasteiger partial charge in [0.2, 0.25) is 0 Å². The molecule has 2 rings (SSSR count). The van der Waals surface area contributed by atoms with Crippen molar-refractivity contribution in [3.05, 3.63) is 46.4 Å². The molecule has 0 spiro atoms. The Bertz CT molecular complexity index is 555. The molecular formula is C12H8Cl2O3. The minimum absolute atomic E-state index is 0.0395. The Balaban J connectivity index is 2.35. The highest BCUT2D eigenvalue weighted by Gasteiger charge is 2.09. The molecule has 0 atom stereocenters. The van der Waals surface area contributed by atoms with Gasteiger partial charge >= 0.3 is 0 Å². The van der Waals surface area contributed by atoms with Crippen LogP contribution in [0.2, 0.25) is 10.0 Å². The second-order valence-electron chi connectivity index (χ2n) is 3.30. The van der Waals surface area contributed by atoms with E-state index in [0.29, 0.717) is 5.75 Å². The van der Waals surface area contributed by atoms with E-state index in [9.17, 15) is 10.2 Å². The maximum atomic E-state index is 9.65. The molecule has 0 radical (unpaired) electrons. The van der Waals surface area contributed by atoms with Gasteiger partial charge in [0.05, 0.1) is 10.0 Å². The predicted molar refractivity (Wildman–Crippen MR) is 66.3 cm³/mol. The Kier molecular flexibility index (Phi) is 3.31. The molecule has 0 aromatic heterocycles. The number of phenolic OH excluding ortho intramolecular Hbond substituents is 2. The van der Waals surface area contributed by atoms with Crippen LogP contribution >= 0.6 is 23.2 Å². The van der Waals surface area contributed by atoms with Crippen LogP contribution in [-0.4, -0.2) is 10.2 Å². The van der Waals surface area contributed by atoms with Gasteiger partial charge in [-0.25, -0.2) is 0 Å². The Hall–Kier alpha value is -1.58. The van der Waals surface area contributed by atoms with Gasteiger partial charge in [-0.15, -0.1) is 0 Å². The number of hydrogen-bond donors (Lipinski definition) is 2. The summed E-state index contributed by atoms with van der Waals surface area (Å²) in [5.41, 5.74) is 0. The smallest absolute Gasteiger partial charge is 0.177 e. The number of phenols is 2. The van der Waals surface area contributed by atoms with Crippen molar-refractivity contribution in [1.29, 1.82) is 0 Å². The Morgan fingerprint density at radius 3 is 2.35 bits per heavy atom. The van der Waals surface area contributed by atoms with Gasteiger partial charge in [0.15, 0.2) is 11.5 Å². The molecule has 0 aliphatic carbocycles. The second kappa shape index (κ2) is 4.73. The lowest BCUT2D eigenvalue weighted by molar-refractivity contribution is 0.410. The fraction of sp³-hybridized carbons (Fsp3) is 0. The molecule has 2 N–H and O–H groups in total. The standard InChI is InChI=1S/C12H8Cl2O3/c13-8-2-1-3-11(12(8)16)17-10-5-4-7(15)6-9(10)14/h1-6,15-16H. The zero-order valence-corrected chi connectivity index (χ0v) is 10.0.